The van der Waals surface area contributed by atoms with Gasteiger partial charge in [-0.25, -0.2) is 8.42 Å². The highest BCUT2D eigenvalue weighted by Gasteiger charge is 2.23. The van der Waals surface area contributed by atoms with Crippen LogP contribution in [0.1, 0.15) is 10.4 Å². The summed E-state index contributed by atoms with van der Waals surface area (Å²) in [6.07, 6.45) is 0. The van der Waals surface area contributed by atoms with Crippen molar-refractivity contribution in [3.05, 3.63) is 50.6 Å². The molecule has 108 valence electrons. The number of hydrogen-bond donors (Lipinski definition) is 0. The lowest BCUT2D eigenvalue weighted by atomic mass is 10.2. The van der Waals surface area contributed by atoms with E-state index in [2.05, 4.69) is 15.9 Å². The Bertz CT molecular complexity index is 700. The summed E-state index contributed by atoms with van der Waals surface area (Å²) < 4.78 is 27.5. The number of sulfonamides is 1. The van der Waals surface area contributed by atoms with Crippen LogP contribution in [-0.4, -0.2) is 19.8 Å². The van der Waals surface area contributed by atoms with Crippen LogP contribution in [0, 0.1) is 0 Å². The minimum atomic E-state index is -3.53. The molecule has 0 unspecified atom stereocenters. The van der Waals surface area contributed by atoms with E-state index in [9.17, 15) is 8.42 Å². The quantitative estimate of drug-likeness (QED) is 0.717. The lowest BCUT2D eigenvalue weighted by molar-refractivity contribution is 0.469. The Morgan fingerprint density at radius 3 is 2.65 bits per heavy atom. The molecule has 0 aliphatic heterocycles. The second-order valence-electron chi connectivity index (χ2n) is 4.23. The summed E-state index contributed by atoms with van der Waals surface area (Å²) in [4.78, 5) is 1.25. The summed E-state index contributed by atoms with van der Waals surface area (Å²) >= 11 is 10.7. The lowest BCUT2D eigenvalue weighted by Crippen LogP contribution is -2.26. The van der Waals surface area contributed by atoms with E-state index in [4.69, 9.17) is 11.6 Å². The van der Waals surface area contributed by atoms with Gasteiger partial charge >= 0.3 is 0 Å². The Kier molecular flexibility index (Phi) is 5.25. The van der Waals surface area contributed by atoms with Crippen LogP contribution in [0.5, 0.6) is 0 Å². The third kappa shape index (κ3) is 3.43. The summed E-state index contributed by atoms with van der Waals surface area (Å²) in [5.41, 5.74) is 0.619. The molecular formula is C13H13BrClNO2S2. The molecule has 0 saturated heterocycles. The second-order valence-corrected chi connectivity index (χ2v) is 8.43. The lowest BCUT2D eigenvalue weighted by Gasteiger charge is -2.18. The van der Waals surface area contributed by atoms with Gasteiger partial charge in [-0.2, -0.15) is 4.31 Å². The maximum absolute atomic E-state index is 12.6. The molecule has 1 heterocycles. The third-order valence-corrected chi connectivity index (χ3v) is 6.68. The van der Waals surface area contributed by atoms with E-state index >= 15 is 0 Å². The van der Waals surface area contributed by atoms with Crippen LogP contribution in [0.25, 0.3) is 0 Å². The first-order valence-corrected chi connectivity index (χ1v) is 9.43. The molecule has 2 aromatic rings. The van der Waals surface area contributed by atoms with Gasteiger partial charge in [-0.05, 0) is 33.6 Å². The largest absolute Gasteiger partial charge is 0.243 e. The van der Waals surface area contributed by atoms with Gasteiger partial charge in [0.25, 0.3) is 0 Å². The highest BCUT2D eigenvalue weighted by atomic mass is 79.9. The Morgan fingerprint density at radius 1 is 1.35 bits per heavy atom. The normalized spacial score (nSPS) is 12.0. The molecule has 0 fully saturated rings. The van der Waals surface area contributed by atoms with Gasteiger partial charge in [0.1, 0.15) is 0 Å². The zero-order valence-electron chi connectivity index (χ0n) is 10.7. The van der Waals surface area contributed by atoms with E-state index in [1.807, 2.05) is 11.4 Å². The van der Waals surface area contributed by atoms with Crippen molar-refractivity contribution in [2.45, 2.75) is 17.3 Å². The summed E-state index contributed by atoms with van der Waals surface area (Å²) in [7, 11) is -1.95. The van der Waals surface area contributed by atoms with Crippen molar-refractivity contribution in [2.75, 3.05) is 7.05 Å². The number of benzene rings is 1. The van der Waals surface area contributed by atoms with E-state index in [1.165, 1.54) is 15.6 Å². The molecule has 0 radical (unpaired) electrons. The van der Waals surface area contributed by atoms with Gasteiger partial charge in [-0.3, -0.25) is 0 Å². The van der Waals surface area contributed by atoms with Gasteiger partial charge in [0, 0.05) is 34.2 Å². The van der Waals surface area contributed by atoms with Gasteiger partial charge < -0.3 is 0 Å². The van der Waals surface area contributed by atoms with E-state index in [1.54, 1.807) is 31.3 Å². The number of rotatable bonds is 5. The van der Waals surface area contributed by atoms with E-state index in [-0.39, 0.29) is 10.8 Å². The molecule has 0 spiro atoms. The predicted octanol–water partition coefficient (Wildman–Crippen LogP) is 4.07. The van der Waals surface area contributed by atoms with Crippen molar-refractivity contribution < 1.29 is 8.42 Å². The van der Waals surface area contributed by atoms with Crippen LogP contribution in [0.4, 0.5) is 0 Å². The number of thiophene rings is 1. The third-order valence-electron chi connectivity index (χ3n) is 2.81. The Balaban J connectivity index is 2.29. The fourth-order valence-corrected chi connectivity index (χ4v) is 5.04. The minimum absolute atomic E-state index is 0.174. The minimum Gasteiger partial charge on any atom is -0.207 e. The van der Waals surface area contributed by atoms with E-state index in [0.29, 0.717) is 12.1 Å². The van der Waals surface area contributed by atoms with Gasteiger partial charge in [0.2, 0.25) is 10.0 Å². The SMILES string of the molecule is CN(Cc1cc(Br)cs1)S(=O)(=O)c1ccccc1CCl. The molecule has 0 amide bonds. The van der Waals surface area contributed by atoms with Crippen molar-refractivity contribution in [3.8, 4) is 0 Å². The molecule has 20 heavy (non-hydrogen) atoms. The fraction of sp³-hybridized carbons (Fsp3) is 0.231. The van der Waals surface area contributed by atoms with Crippen molar-refractivity contribution in [1.82, 2.24) is 4.31 Å². The van der Waals surface area contributed by atoms with Gasteiger partial charge in [-0.15, -0.1) is 22.9 Å². The van der Waals surface area contributed by atoms with Crippen LogP contribution >= 0.6 is 38.9 Å². The zero-order valence-corrected chi connectivity index (χ0v) is 14.7. The zero-order chi connectivity index (χ0) is 14.8. The van der Waals surface area contributed by atoms with Crippen molar-refractivity contribution in [1.29, 1.82) is 0 Å². The number of nitrogens with zero attached hydrogens (tertiary/aromatic N) is 1. The van der Waals surface area contributed by atoms with Gasteiger partial charge in [0.15, 0.2) is 0 Å². The monoisotopic (exact) mass is 393 g/mol. The maximum atomic E-state index is 12.6. The molecule has 1 aromatic carbocycles. The molecule has 2 rings (SSSR count). The second kappa shape index (κ2) is 6.58. The first-order valence-electron chi connectivity index (χ1n) is 5.78. The van der Waals surface area contributed by atoms with Crippen LogP contribution in [0.3, 0.4) is 0 Å². The molecule has 0 aliphatic carbocycles. The van der Waals surface area contributed by atoms with E-state index < -0.39 is 10.0 Å². The summed E-state index contributed by atoms with van der Waals surface area (Å²) in [6, 6.07) is 8.74. The van der Waals surface area contributed by atoms with Crippen molar-refractivity contribution in [3.63, 3.8) is 0 Å². The van der Waals surface area contributed by atoms with Crippen molar-refractivity contribution in [2.24, 2.45) is 0 Å². The summed E-state index contributed by atoms with van der Waals surface area (Å²) in [5, 5.41) is 1.93. The molecular weight excluding hydrogens is 382 g/mol. The van der Waals surface area contributed by atoms with E-state index in [0.717, 1.165) is 9.35 Å². The molecule has 0 aliphatic rings. The standard InChI is InChI=1S/C13H13BrClNO2S2/c1-16(8-12-6-11(14)9-19-12)20(17,18)13-5-3-2-4-10(13)7-15/h2-6,9H,7-8H2,1H3. The molecule has 1 aromatic heterocycles. The number of alkyl halides is 1. The van der Waals surface area contributed by atoms with Crippen LogP contribution < -0.4 is 0 Å². The molecule has 7 heteroatoms. The van der Waals surface area contributed by atoms with Crippen LogP contribution in [-0.2, 0) is 22.4 Å². The molecule has 3 nitrogen and oxygen atoms in total. The molecule has 0 atom stereocenters. The molecule has 0 N–H and O–H groups in total. The molecule has 0 bridgehead atoms. The highest BCUT2D eigenvalue weighted by Crippen LogP contribution is 2.25. The fourth-order valence-electron chi connectivity index (χ4n) is 1.77. The Hall–Kier alpha value is -0.400. The molecule has 0 saturated carbocycles. The van der Waals surface area contributed by atoms with Gasteiger partial charge in [-0.1, -0.05) is 18.2 Å². The Morgan fingerprint density at radius 2 is 2.05 bits per heavy atom. The van der Waals surface area contributed by atoms with Crippen LogP contribution in [0.15, 0.2) is 45.1 Å². The Labute approximate surface area is 136 Å². The first-order chi connectivity index (χ1) is 9.45. The summed E-state index contributed by atoms with van der Waals surface area (Å²) in [5.74, 6) is 0.174. The van der Waals surface area contributed by atoms with Crippen molar-refractivity contribution >= 4 is 48.9 Å². The smallest absolute Gasteiger partial charge is 0.207 e. The average Bonchev–Trinajstić information content (AvgIpc) is 2.84. The van der Waals surface area contributed by atoms with Gasteiger partial charge in [0.05, 0.1) is 4.90 Å². The summed E-state index contributed by atoms with van der Waals surface area (Å²) in [6.45, 7) is 0.342. The first kappa shape index (κ1) is 16.0. The number of halogens is 2. The maximum Gasteiger partial charge on any atom is 0.243 e. The topological polar surface area (TPSA) is 37.4 Å². The predicted molar refractivity (Wildman–Crippen MR) is 86.7 cm³/mol. The highest BCUT2D eigenvalue weighted by molar-refractivity contribution is 9.10. The average molecular weight is 395 g/mol. The number of hydrogen-bond acceptors (Lipinski definition) is 3. The van der Waals surface area contributed by atoms with Crippen LogP contribution in [0.2, 0.25) is 0 Å².